The second-order valence-corrected chi connectivity index (χ2v) is 5.30. The number of aryl methyl sites for hydroxylation is 2. The summed E-state index contributed by atoms with van der Waals surface area (Å²) in [4.78, 5) is 24.1. The molecule has 2 rings (SSSR count). The second-order valence-electron chi connectivity index (χ2n) is 5.30. The Kier molecular flexibility index (Phi) is 4.54. The molecule has 1 aliphatic rings. The summed E-state index contributed by atoms with van der Waals surface area (Å²) in [5.74, 6) is 0.814. The predicted octanol–water partition coefficient (Wildman–Crippen LogP) is 0.943. The van der Waals surface area contributed by atoms with Crippen LogP contribution in [0.15, 0.2) is 6.07 Å². The smallest absolute Gasteiger partial charge is 0.322 e. The number of anilines is 1. The number of nitrogens with zero attached hydrogens (tertiary/aromatic N) is 4. The van der Waals surface area contributed by atoms with Crippen LogP contribution in [-0.2, 0) is 11.2 Å². The van der Waals surface area contributed by atoms with Gasteiger partial charge in [0.2, 0.25) is 0 Å². The number of carboxylic acids is 1. The highest BCUT2D eigenvalue weighted by Crippen LogP contribution is 2.18. The Balaban J connectivity index is 2.20. The van der Waals surface area contributed by atoms with Crippen molar-refractivity contribution in [2.45, 2.75) is 32.7 Å². The molecule has 1 atom stereocenters. The van der Waals surface area contributed by atoms with Crippen LogP contribution in [-0.4, -0.2) is 58.7 Å². The quantitative estimate of drug-likeness (QED) is 0.884. The van der Waals surface area contributed by atoms with E-state index < -0.39 is 12.0 Å². The standard InChI is InChI=1S/C14H22N4O2/c1-4-5-11-8-13(16-10(2)15-11)18-7-6-17(3)12(9-18)14(19)20/h8,12H,4-7,9H2,1-3H3,(H,19,20)/t12-/m1/s1. The number of likely N-dealkylation sites (N-methyl/N-ethyl adjacent to an activating group) is 1. The van der Waals surface area contributed by atoms with Crippen molar-refractivity contribution >= 4 is 11.8 Å². The first kappa shape index (κ1) is 14.7. The number of carbonyl (C=O) groups is 1. The van der Waals surface area contributed by atoms with E-state index >= 15 is 0 Å². The van der Waals surface area contributed by atoms with Crippen LogP contribution in [0.4, 0.5) is 5.82 Å². The van der Waals surface area contributed by atoms with Crippen molar-refractivity contribution in [2.75, 3.05) is 31.6 Å². The molecule has 1 N–H and O–H groups in total. The number of carboxylic acid groups (broad SMARTS) is 1. The number of hydrogen-bond acceptors (Lipinski definition) is 5. The molecule has 0 bridgehead atoms. The average molecular weight is 278 g/mol. The first-order chi connectivity index (χ1) is 9.51. The van der Waals surface area contributed by atoms with Crippen molar-refractivity contribution in [1.29, 1.82) is 0 Å². The average Bonchev–Trinajstić information content (AvgIpc) is 2.38. The van der Waals surface area contributed by atoms with Gasteiger partial charge < -0.3 is 10.0 Å². The third-order valence-corrected chi connectivity index (χ3v) is 3.64. The summed E-state index contributed by atoms with van der Waals surface area (Å²) in [6.45, 7) is 5.99. The van der Waals surface area contributed by atoms with Crippen LogP contribution in [0.3, 0.4) is 0 Å². The van der Waals surface area contributed by atoms with E-state index in [1.54, 1.807) is 0 Å². The Hall–Kier alpha value is -1.69. The van der Waals surface area contributed by atoms with Gasteiger partial charge in [-0.3, -0.25) is 9.69 Å². The van der Waals surface area contributed by atoms with Crippen molar-refractivity contribution < 1.29 is 9.90 Å². The van der Waals surface area contributed by atoms with E-state index in [0.29, 0.717) is 6.54 Å². The fourth-order valence-corrected chi connectivity index (χ4v) is 2.51. The summed E-state index contributed by atoms with van der Waals surface area (Å²) in [7, 11) is 1.85. The van der Waals surface area contributed by atoms with Crippen LogP contribution in [0.1, 0.15) is 24.9 Å². The molecule has 6 heteroatoms. The third kappa shape index (κ3) is 3.25. The molecule has 0 aromatic carbocycles. The molecule has 0 amide bonds. The van der Waals surface area contributed by atoms with Gasteiger partial charge in [0, 0.05) is 31.4 Å². The van der Waals surface area contributed by atoms with Crippen molar-refractivity contribution in [3.05, 3.63) is 17.6 Å². The molecule has 1 fully saturated rings. The summed E-state index contributed by atoms with van der Waals surface area (Å²) in [6, 6.07) is 1.51. The molecule has 1 aromatic rings. The minimum atomic E-state index is -0.781. The van der Waals surface area contributed by atoms with Gasteiger partial charge in [-0.2, -0.15) is 0 Å². The topological polar surface area (TPSA) is 69.6 Å². The van der Waals surface area contributed by atoms with Crippen LogP contribution in [0, 0.1) is 6.92 Å². The van der Waals surface area contributed by atoms with E-state index in [1.165, 1.54) is 0 Å². The van der Waals surface area contributed by atoms with Crippen LogP contribution in [0.25, 0.3) is 0 Å². The normalized spacial score (nSPS) is 20.1. The maximum Gasteiger partial charge on any atom is 0.322 e. The molecule has 0 saturated carbocycles. The molecule has 6 nitrogen and oxygen atoms in total. The molecule has 0 radical (unpaired) electrons. The Labute approximate surface area is 119 Å². The zero-order chi connectivity index (χ0) is 14.7. The fraction of sp³-hybridized carbons (Fsp3) is 0.643. The lowest BCUT2D eigenvalue weighted by Crippen LogP contribution is -2.55. The second kappa shape index (κ2) is 6.17. The number of piperazine rings is 1. The molecule has 1 aliphatic heterocycles. The monoisotopic (exact) mass is 278 g/mol. The molecule has 20 heavy (non-hydrogen) atoms. The molecule has 1 saturated heterocycles. The Morgan fingerprint density at radius 1 is 1.45 bits per heavy atom. The summed E-state index contributed by atoms with van der Waals surface area (Å²) in [6.07, 6.45) is 1.96. The fourth-order valence-electron chi connectivity index (χ4n) is 2.51. The van der Waals surface area contributed by atoms with Gasteiger partial charge in [0.05, 0.1) is 0 Å². The SMILES string of the molecule is CCCc1cc(N2CCN(C)[C@@H](C(=O)O)C2)nc(C)n1. The Morgan fingerprint density at radius 3 is 2.85 bits per heavy atom. The van der Waals surface area contributed by atoms with Gasteiger partial charge >= 0.3 is 5.97 Å². The summed E-state index contributed by atoms with van der Waals surface area (Å²) in [5.41, 5.74) is 1.03. The lowest BCUT2D eigenvalue weighted by atomic mass is 10.1. The van der Waals surface area contributed by atoms with Gasteiger partial charge in [-0.25, -0.2) is 9.97 Å². The first-order valence-corrected chi connectivity index (χ1v) is 7.03. The zero-order valence-corrected chi connectivity index (χ0v) is 12.3. The summed E-state index contributed by atoms with van der Waals surface area (Å²) >= 11 is 0. The molecule has 0 spiro atoms. The maximum atomic E-state index is 11.3. The van der Waals surface area contributed by atoms with Crippen molar-refractivity contribution in [2.24, 2.45) is 0 Å². The number of rotatable bonds is 4. The van der Waals surface area contributed by atoms with Crippen molar-refractivity contribution in [3.8, 4) is 0 Å². The zero-order valence-electron chi connectivity index (χ0n) is 12.3. The number of hydrogen-bond donors (Lipinski definition) is 1. The largest absolute Gasteiger partial charge is 0.480 e. The summed E-state index contributed by atoms with van der Waals surface area (Å²) in [5, 5.41) is 9.27. The molecule has 1 aromatic heterocycles. The molecular weight excluding hydrogens is 256 g/mol. The van der Waals surface area contributed by atoms with E-state index in [9.17, 15) is 9.90 Å². The van der Waals surface area contributed by atoms with E-state index in [2.05, 4.69) is 16.9 Å². The molecular formula is C14H22N4O2. The number of aliphatic carboxylic acids is 1. The first-order valence-electron chi connectivity index (χ1n) is 7.03. The molecule has 0 aliphatic carbocycles. The van der Waals surface area contributed by atoms with Gasteiger partial charge in [0.1, 0.15) is 17.7 Å². The minimum absolute atomic E-state index is 0.466. The third-order valence-electron chi connectivity index (χ3n) is 3.64. The van der Waals surface area contributed by atoms with Gasteiger partial charge in [0.15, 0.2) is 0 Å². The lowest BCUT2D eigenvalue weighted by molar-refractivity contribution is -0.142. The highest BCUT2D eigenvalue weighted by molar-refractivity contribution is 5.74. The molecule has 110 valence electrons. The van der Waals surface area contributed by atoms with E-state index in [1.807, 2.05) is 29.8 Å². The van der Waals surface area contributed by atoms with Gasteiger partial charge in [-0.15, -0.1) is 0 Å². The number of aromatic nitrogens is 2. The van der Waals surface area contributed by atoms with E-state index in [-0.39, 0.29) is 0 Å². The maximum absolute atomic E-state index is 11.3. The van der Waals surface area contributed by atoms with Crippen molar-refractivity contribution in [1.82, 2.24) is 14.9 Å². The van der Waals surface area contributed by atoms with Crippen LogP contribution >= 0.6 is 0 Å². The lowest BCUT2D eigenvalue weighted by Gasteiger charge is -2.37. The van der Waals surface area contributed by atoms with Gasteiger partial charge in [-0.05, 0) is 20.4 Å². The predicted molar refractivity (Wildman–Crippen MR) is 77.0 cm³/mol. The van der Waals surface area contributed by atoms with Crippen LogP contribution in [0.2, 0.25) is 0 Å². The Morgan fingerprint density at radius 2 is 2.20 bits per heavy atom. The highest BCUT2D eigenvalue weighted by atomic mass is 16.4. The van der Waals surface area contributed by atoms with E-state index in [0.717, 1.165) is 43.3 Å². The molecule has 2 heterocycles. The van der Waals surface area contributed by atoms with Crippen LogP contribution in [0.5, 0.6) is 0 Å². The van der Waals surface area contributed by atoms with Gasteiger partial charge in [-0.1, -0.05) is 13.3 Å². The van der Waals surface area contributed by atoms with Crippen LogP contribution < -0.4 is 4.90 Å². The Bertz CT molecular complexity index is 492. The molecule has 0 unspecified atom stereocenters. The highest BCUT2D eigenvalue weighted by Gasteiger charge is 2.30. The van der Waals surface area contributed by atoms with Gasteiger partial charge in [0.25, 0.3) is 0 Å². The summed E-state index contributed by atoms with van der Waals surface area (Å²) < 4.78 is 0. The van der Waals surface area contributed by atoms with E-state index in [4.69, 9.17) is 0 Å². The van der Waals surface area contributed by atoms with Crippen molar-refractivity contribution in [3.63, 3.8) is 0 Å². The minimum Gasteiger partial charge on any atom is -0.480 e.